The van der Waals surface area contributed by atoms with E-state index < -0.39 is 17.6 Å². The fourth-order valence-electron chi connectivity index (χ4n) is 3.56. The molecule has 29 heavy (non-hydrogen) atoms. The van der Waals surface area contributed by atoms with Gasteiger partial charge in [0.05, 0.1) is 12.1 Å². The van der Waals surface area contributed by atoms with Crippen molar-refractivity contribution >= 4 is 17.5 Å². The van der Waals surface area contributed by atoms with E-state index in [0.29, 0.717) is 43.2 Å². The summed E-state index contributed by atoms with van der Waals surface area (Å²) < 4.78 is 43.9. The number of hydrogen-bond acceptors (Lipinski definition) is 5. The Hall–Kier alpha value is -2.84. The van der Waals surface area contributed by atoms with Crippen molar-refractivity contribution in [1.82, 2.24) is 4.90 Å². The summed E-state index contributed by atoms with van der Waals surface area (Å²) in [5, 5.41) is 8.02. The van der Waals surface area contributed by atoms with Crippen molar-refractivity contribution in [2.75, 3.05) is 13.1 Å². The van der Waals surface area contributed by atoms with E-state index in [-0.39, 0.29) is 17.7 Å². The second kappa shape index (κ2) is 8.26. The van der Waals surface area contributed by atoms with Crippen molar-refractivity contribution in [3.05, 3.63) is 41.6 Å². The van der Waals surface area contributed by atoms with E-state index >= 15 is 0 Å². The molecule has 9 heteroatoms. The van der Waals surface area contributed by atoms with Crippen LogP contribution in [0.2, 0.25) is 0 Å². The first-order valence-corrected chi connectivity index (χ1v) is 9.43. The van der Waals surface area contributed by atoms with Crippen LogP contribution in [0.5, 0.6) is 5.75 Å². The molecular formula is C20H23F3N4O2. The molecule has 1 amide bonds. The fourth-order valence-corrected chi connectivity index (χ4v) is 3.56. The number of carbonyl (C=O) groups is 1. The van der Waals surface area contributed by atoms with Crippen LogP contribution in [-0.4, -0.2) is 41.5 Å². The lowest BCUT2D eigenvalue weighted by molar-refractivity contribution is -0.137. The van der Waals surface area contributed by atoms with Gasteiger partial charge in [-0.3, -0.25) is 4.79 Å². The molecule has 6 nitrogen and oxygen atoms in total. The molecule has 0 aliphatic carbocycles. The van der Waals surface area contributed by atoms with Gasteiger partial charge in [0.2, 0.25) is 0 Å². The number of halogens is 3. The summed E-state index contributed by atoms with van der Waals surface area (Å²) >= 11 is 0. The molecule has 1 aromatic rings. The molecule has 2 aliphatic rings. The van der Waals surface area contributed by atoms with Gasteiger partial charge < -0.3 is 20.8 Å². The maximum absolute atomic E-state index is 12.7. The molecule has 0 aromatic heterocycles. The number of amides is 1. The molecule has 1 saturated heterocycles. The summed E-state index contributed by atoms with van der Waals surface area (Å²) in [7, 11) is 0. The molecule has 2 aliphatic heterocycles. The van der Waals surface area contributed by atoms with Crippen LogP contribution in [0.25, 0.3) is 0 Å². The van der Waals surface area contributed by atoms with E-state index in [2.05, 4.69) is 4.99 Å². The van der Waals surface area contributed by atoms with Crippen molar-refractivity contribution in [1.29, 1.82) is 5.41 Å². The van der Waals surface area contributed by atoms with Gasteiger partial charge in [-0.15, -0.1) is 0 Å². The van der Waals surface area contributed by atoms with E-state index in [9.17, 15) is 18.0 Å². The maximum atomic E-state index is 12.7. The molecular weight excluding hydrogens is 385 g/mol. The smallest absolute Gasteiger partial charge is 0.416 e. The third-order valence-electron chi connectivity index (χ3n) is 5.08. The Kier molecular flexibility index (Phi) is 5.95. The first kappa shape index (κ1) is 20.9. The zero-order chi connectivity index (χ0) is 21.2. The van der Waals surface area contributed by atoms with Gasteiger partial charge in [0, 0.05) is 24.6 Å². The highest BCUT2D eigenvalue weighted by Gasteiger charge is 2.33. The quantitative estimate of drug-likeness (QED) is 0.800. The number of rotatable bonds is 4. The predicted molar refractivity (Wildman–Crippen MR) is 103 cm³/mol. The number of carbonyl (C=O) groups excluding carboxylic acids is 1. The molecule has 1 fully saturated rings. The van der Waals surface area contributed by atoms with E-state index in [4.69, 9.17) is 15.9 Å². The van der Waals surface area contributed by atoms with E-state index in [1.807, 2.05) is 11.8 Å². The lowest BCUT2D eigenvalue weighted by atomic mass is 9.97. The third kappa shape index (κ3) is 4.96. The van der Waals surface area contributed by atoms with E-state index in [1.165, 1.54) is 18.2 Å². The van der Waals surface area contributed by atoms with Crippen LogP contribution in [0.1, 0.15) is 31.7 Å². The number of benzene rings is 1. The lowest BCUT2D eigenvalue weighted by Gasteiger charge is -2.26. The normalized spacial score (nSPS) is 22.8. The van der Waals surface area contributed by atoms with Crippen LogP contribution in [0.3, 0.4) is 0 Å². The van der Waals surface area contributed by atoms with Crippen molar-refractivity contribution in [2.24, 2.45) is 16.6 Å². The first-order valence-electron chi connectivity index (χ1n) is 9.43. The Labute approximate surface area is 166 Å². The Morgan fingerprint density at radius 1 is 1.34 bits per heavy atom. The molecule has 1 aromatic carbocycles. The van der Waals surface area contributed by atoms with Crippen LogP contribution in [0.4, 0.5) is 13.2 Å². The second-order valence-electron chi connectivity index (χ2n) is 7.20. The van der Waals surface area contributed by atoms with Gasteiger partial charge in [-0.25, -0.2) is 4.99 Å². The summed E-state index contributed by atoms with van der Waals surface area (Å²) in [5.41, 5.74) is 5.04. The topological polar surface area (TPSA) is 91.8 Å². The number of amidine groups is 1. The van der Waals surface area contributed by atoms with Crippen LogP contribution in [0.15, 0.2) is 41.0 Å². The number of alkyl halides is 3. The number of primary amides is 1. The molecule has 2 atom stereocenters. The Morgan fingerprint density at radius 3 is 2.62 bits per heavy atom. The maximum Gasteiger partial charge on any atom is 0.416 e. The van der Waals surface area contributed by atoms with Crippen LogP contribution >= 0.6 is 0 Å². The Morgan fingerprint density at radius 2 is 2.03 bits per heavy atom. The van der Waals surface area contributed by atoms with Crippen molar-refractivity contribution in [3.8, 4) is 5.75 Å². The monoisotopic (exact) mass is 408 g/mol. The average molecular weight is 408 g/mol. The number of aliphatic imine (C=N–C) groups is 1. The Balaban J connectivity index is 1.71. The van der Waals surface area contributed by atoms with Crippen LogP contribution < -0.4 is 10.5 Å². The zero-order valence-corrected chi connectivity index (χ0v) is 16.0. The SMILES string of the molecule is CCC1CC(=N)C=C(C(N)=O)N=C1N1CCC(Oc2ccc(C(F)(F)F)cc2)C1. The largest absolute Gasteiger partial charge is 0.489 e. The number of nitrogens with two attached hydrogens (primary N) is 1. The summed E-state index contributed by atoms with van der Waals surface area (Å²) in [6.07, 6.45) is -1.30. The van der Waals surface area contributed by atoms with Gasteiger partial charge in [-0.05, 0) is 43.2 Å². The van der Waals surface area contributed by atoms with Gasteiger partial charge in [0.25, 0.3) is 5.91 Å². The second-order valence-corrected chi connectivity index (χ2v) is 7.20. The van der Waals surface area contributed by atoms with Gasteiger partial charge >= 0.3 is 6.18 Å². The van der Waals surface area contributed by atoms with Gasteiger partial charge in [0.1, 0.15) is 23.4 Å². The molecule has 0 radical (unpaired) electrons. The van der Waals surface area contributed by atoms with Gasteiger partial charge in [-0.1, -0.05) is 6.92 Å². The Bertz CT molecular complexity index is 846. The molecule has 0 spiro atoms. The first-order chi connectivity index (χ1) is 13.7. The molecule has 3 rings (SSSR count). The highest BCUT2D eigenvalue weighted by Crippen LogP contribution is 2.31. The minimum Gasteiger partial charge on any atom is -0.489 e. The summed E-state index contributed by atoms with van der Waals surface area (Å²) in [4.78, 5) is 18.1. The highest BCUT2D eigenvalue weighted by molar-refractivity contribution is 6.07. The number of ether oxygens (including phenoxy) is 1. The number of likely N-dealkylation sites (tertiary alicyclic amines) is 1. The van der Waals surface area contributed by atoms with Crippen molar-refractivity contribution in [2.45, 2.75) is 38.5 Å². The number of allylic oxidation sites excluding steroid dienone is 1. The molecule has 3 N–H and O–H groups in total. The fraction of sp³-hybridized carbons (Fsp3) is 0.450. The predicted octanol–water partition coefficient (Wildman–Crippen LogP) is 3.38. The zero-order valence-electron chi connectivity index (χ0n) is 16.0. The third-order valence-corrected chi connectivity index (χ3v) is 5.08. The van der Waals surface area contributed by atoms with Gasteiger partial charge in [-0.2, -0.15) is 13.2 Å². The summed E-state index contributed by atoms with van der Waals surface area (Å²) in [6.45, 7) is 3.13. The van der Waals surface area contributed by atoms with E-state index in [1.54, 1.807) is 0 Å². The lowest BCUT2D eigenvalue weighted by Crippen LogP contribution is -2.36. The number of nitrogens with zero attached hydrogens (tertiary/aromatic N) is 2. The number of hydrogen-bond donors (Lipinski definition) is 2. The molecule has 0 bridgehead atoms. The van der Waals surface area contributed by atoms with Crippen LogP contribution in [0, 0.1) is 11.3 Å². The standard InChI is InChI=1S/C20H23F3N4O2/c1-2-12-9-14(24)10-17(18(25)28)26-19(12)27-8-7-16(11-27)29-15-5-3-13(4-6-15)20(21,22)23/h3-6,10,12,16,24H,2,7-9,11H2,1H3,(H2,25,28). The molecule has 0 saturated carbocycles. The van der Waals surface area contributed by atoms with Crippen molar-refractivity contribution in [3.63, 3.8) is 0 Å². The summed E-state index contributed by atoms with van der Waals surface area (Å²) in [5.74, 6) is 0.388. The molecule has 2 heterocycles. The van der Waals surface area contributed by atoms with Crippen LogP contribution in [-0.2, 0) is 11.0 Å². The highest BCUT2D eigenvalue weighted by atomic mass is 19.4. The average Bonchev–Trinajstić information content (AvgIpc) is 3.03. The minimum absolute atomic E-state index is 0.0135. The van der Waals surface area contributed by atoms with Gasteiger partial charge in [0.15, 0.2) is 0 Å². The minimum atomic E-state index is -4.38. The number of nitrogens with one attached hydrogen (secondary N) is 1. The van der Waals surface area contributed by atoms with Crippen molar-refractivity contribution < 1.29 is 22.7 Å². The summed E-state index contributed by atoms with van der Waals surface area (Å²) in [6, 6.07) is 4.64. The molecule has 156 valence electrons. The molecule has 2 unspecified atom stereocenters. The van der Waals surface area contributed by atoms with E-state index in [0.717, 1.165) is 18.6 Å².